The lowest BCUT2D eigenvalue weighted by atomic mass is 9.82. The van der Waals surface area contributed by atoms with E-state index in [1.165, 1.54) is 22.3 Å². The number of nitrogens with one attached hydrogen (secondary N) is 1. The maximum absolute atomic E-state index is 3.45. The van der Waals surface area contributed by atoms with Crippen molar-refractivity contribution in [1.82, 2.24) is 5.32 Å². The van der Waals surface area contributed by atoms with Crippen molar-refractivity contribution in [2.24, 2.45) is 5.92 Å². The summed E-state index contributed by atoms with van der Waals surface area (Å²) in [6, 6.07) is 5.29. The maximum atomic E-state index is 3.45. The summed E-state index contributed by atoms with van der Waals surface area (Å²) in [5, 5.41) is 3.45. The van der Waals surface area contributed by atoms with Crippen molar-refractivity contribution in [2.45, 2.75) is 66.3 Å². The van der Waals surface area contributed by atoms with Crippen molar-refractivity contribution in [1.29, 1.82) is 0 Å². The number of rotatable bonds is 4. The molecule has 0 heterocycles. The van der Waals surface area contributed by atoms with Crippen molar-refractivity contribution in [3.63, 3.8) is 0 Å². The summed E-state index contributed by atoms with van der Waals surface area (Å²) >= 11 is 0. The molecule has 1 N–H and O–H groups in total. The van der Waals surface area contributed by atoms with E-state index in [4.69, 9.17) is 0 Å². The third-order valence-corrected chi connectivity index (χ3v) is 4.16. The second-order valence-corrected chi connectivity index (χ2v) is 7.18. The Balaban J connectivity index is 3.11. The van der Waals surface area contributed by atoms with Crippen molar-refractivity contribution < 1.29 is 0 Å². The quantitative estimate of drug-likeness (QED) is 0.847. The Morgan fingerprint density at radius 3 is 1.84 bits per heavy atom. The highest BCUT2D eigenvalue weighted by molar-refractivity contribution is 5.41. The minimum atomic E-state index is 0.231. The molecule has 0 fully saturated rings. The molecular formula is C18H31N. The minimum Gasteiger partial charge on any atom is -0.316 e. The van der Waals surface area contributed by atoms with E-state index in [1.807, 2.05) is 0 Å². The molecule has 0 amide bonds. The van der Waals surface area contributed by atoms with Crippen LogP contribution in [0.5, 0.6) is 0 Å². The Kier molecular flexibility index (Phi) is 5.20. The van der Waals surface area contributed by atoms with E-state index in [9.17, 15) is 0 Å². The first-order chi connectivity index (χ1) is 8.66. The molecule has 0 saturated heterocycles. The molecule has 1 aromatic carbocycles. The highest BCUT2D eigenvalue weighted by Crippen LogP contribution is 2.28. The number of benzene rings is 1. The first kappa shape index (κ1) is 16.2. The molecule has 108 valence electrons. The fourth-order valence-electron chi connectivity index (χ4n) is 2.64. The Bertz CT molecular complexity index is 401. The standard InChI is InChI=1S/C18H31N/c1-12(2)17(19-8)11-16-13(3)9-15(10-14(16)4)18(5,6)7/h9-10,12,17,19H,11H2,1-8H3. The Hall–Kier alpha value is -0.820. The van der Waals surface area contributed by atoms with Gasteiger partial charge in [0.05, 0.1) is 0 Å². The predicted octanol–water partition coefficient (Wildman–Crippen LogP) is 4.39. The Morgan fingerprint density at radius 2 is 1.53 bits per heavy atom. The van der Waals surface area contributed by atoms with E-state index in [1.54, 1.807) is 0 Å². The smallest absolute Gasteiger partial charge is 0.0128 e. The van der Waals surface area contributed by atoms with Gasteiger partial charge in [-0.1, -0.05) is 46.8 Å². The van der Waals surface area contributed by atoms with E-state index in [0.29, 0.717) is 12.0 Å². The molecule has 0 saturated carbocycles. The average molecular weight is 261 g/mol. The average Bonchev–Trinajstić information content (AvgIpc) is 2.26. The molecule has 1 rings (SSSR count). The van der Waals surface area contributed by atoms with E-state index < -0.39 is 0 Å². The largest absolute Gasteiger partial charge is 0.316 e. The third-order valence-electron chi connectivity index (χ3n) is 4.16. The summed E-state index contributed by atoms with van der Waals surface area (Å²) < 4.78 is 0. The van der Waals surface area contributed by atoms with Crippen molar-refractivity contribution in [2.75, 3.05) is 7.05 Å². The molecule has 1 atom stereocenters. The third kappa shape index (κ3) is 4.07. The first-order valence-electron chi connectivity index (χ1n) is 7.44. The van der Waals surface area contributed by atoms with Gasteiger partial charge in [0.2, 0.25) is 0 Å². The SMILES string of the molecule is CNC(Cc1c(C)cc(C(C)(C)C)cc1C)C(C)C. The summed E-state index contributed by atoms with van der Waals surface area (Å²) in [5.74, 6) is 0.658. The lowest BCUT2D eigenvalue weighted by Gasteiger charge is -2.25. The molecule has 0 aliphatic carbocycles. The molecule has 1 aromatic rings. The minimum absolute atomic E-state index is 0.231. The molecule has 0 radical (unpaired) electrons. The van der Waals surface area contributed by atoms with Gasteiger partial charge in [0, 0.05) is 6.04 Å². The van der Waals surface area contributed by atoms with E-state index >= 15 is 0 Å². The van der Waals surface area contributed by atoms with Crippen molar-refractivity contribution >= 4 is 0 Å². The van der Waals surface area contributed by atoms with E-state index in [2.05, 4.69) is 73.0 Å². The topological polar surface area (TPSA) is 12.0 Å². The van der Waals surface area contributed by atoms with Crippen LogP contribution in [0.2, 0.25) is 0 Å². The van der Waals surface area contributed by atoms with Crippen LogP contribution in [0.4, 0.5) is 0 Å². The highest BCUT2D eigenvalue weighted by Gasteiger charge is 2.18. The van der Waals surface area contributed by atoms with Gasteiger partial charge in [0.15, 0.2) is 0 Å². The van der Waals surface area contributed by atoms with Gasteiger partial charge < -0.3 is 5.32 Å². The summed E-state index contributed by atoms with van der Waals surface area (Å²) in [6.45, 7) is 15.9. The van der Waals surface area contributed by atoms with Gasteiger partial charge in [-0.3, -0.25) is 0 Å². The van der Waals surface area contributed by atoms with E-state index in [0.717, 1.165) is 6.42 Å². The Morgan fingerprint density at radius 1 is 1.05 bits per heavy atom. The summed E-state index contributed by atoms with van der Waals surface area (Å²) in [5.41, 5.74) is 6.06. The lowest BCUT2D eigenvalue weighted by molar-refractivity contribution is 0.423. The number of aryl methyl sites for hydroxylation is 2. The van der Waals surface area contributed by atoms with Crippen LogP contribution in [0.15, 0.2) is 12.1 Å². The van der Waals surface area contributed by atoms with Crippen LogP contribution in [0, 0.1) is 19.8 Å². The van der Waals surface area contributed by atoms with Crippen LogP contribution >= 0.6 is 0 Å². The lowest BCUT2D eigenvalue weighted by Crippen LogP contribution is -2.33. The van der Waals surface area contributed by atoms with Crippen LogP contribution in [0.1, 0.15) is 56.9 Å². The molecule has 0 aliphatic heterocycles. The van der Waals surface area contributed by atoms with Gasteiger partial charge in [-0.15, -0.1) is 0 Å². The fourth-order valence-corrected chi connectivity index (χ4v) is 2.64. The van der Waals surface area contributed by atoms with Gasteiger partial charge in [0.25, 0.3) is 0 Å². The molecule has 19 heavy (non-hydrogen) atoms. The zero-order chi connectivity index (χ0) is 14.8. The number of likely N-dealkylation sites (N-methyl/N-ethyl adjacent to an activating group) is 1. The molecule has 0 bridgehead atoms. The number of hydrogen-bond donors (Lipinski definition) is 1. The van der Waals surface area contributed by atoms with Crippen molar-refractivity contribution in [3.05, 3.63) is 34.4 Å². The Labute approximate surface area is 119 Å². The zero-order valence-corrected chi connectivity index (χ0v) is 14.0. The summed E-state index contributed by atoms with van der Waals surface area (Å²) in [6.07, 6.45) is 1.12. The van der Waals surface area contributed by atoms with Crippen LogP contribution in [0.25, 0.3) is 0 Å². The molecule has 0 aliphatic rings. The molecule has 0 aromatic heterocycles. The second kappa shape index (κ2) is 6.09. The highest BCUT2D eigenvalue weighted by atomic mass is 14.9. The van der Waals surface area contributed by atoms with E-state index in [-0.39, 0.29) is 5.41 Å². The molecule has 1 unspecified atom stereocenters. The van der Waals surface area contributed by atoms with Gasteiger partial charge >= 0.3 is 0 Å². The summed E-state index contributed by atoms with van der Waals surface area (Å²) in [7, 11) is 2.07. The number of hydrogen-bond acceptors (Lipinski definition) is 1. The monoisotopic (exact) mass is 261 g/mol. The van der Waals surface area contributed by atoms with Crippen LogP contribution in [-0.4, -0.2) is 13.1 Å². The summed E-state index contributed by atoms with van der Waals surface area (Å²) in [4.78, 5) is 0. The fraction of sp³-hybridized carbons (Fsp3) is 0.667. The molecular weight excluding hydrogens is 230 g/mol. The normalized spacial score (nSPS) is 13.9. The maximum Gasteiger partial charge on any atom is 0.0128 e. The van der Waals surface area contributed by atoms with Gasteiger partial charge in [-0.05, 0) is 60.9 Å². The predicted molar refractivity (Wildman–Crippen MR) is 86.0 cm³/mol. The molecule has 1 heteroatoms. The van der Waals surface area contributed by atoms with Gasteiger partial charge in [-0.25, -0.2) is 0 Å². The van der Waals surface area contributed by atoms with Gasteiger partial charge in [-0.2, -0.15) is 0 Å². The van der Waals surface area contributed by atoms with Gasteiger partial charge in [0.1, 0.15) is 0 Å². The zero-order valence-electron chi connectivity index (χ0n) is 14.0. The second-order valence-electron chi connectivity index (χ2n) is 7.18. The first-order valence-corrected chi connectivity index (χ1v) is 7.44. The van der Waals surface area contributed by atoms with Crippen molar-refractivity contribution in [3.8, 4) is 0 Å². The van der Waals surface area contributed by atoms with Crippen LogP contribution in [0.3, 0.4) is 0 Å². The van der Waals surface area contributed by atoms with Crippen LogP contribution < -0.4 is 5.32 Å². The molecule has 1 nitrogen and oxygen atoms in total. The molecule has 0 spiro atoms. The van der Waals surface area contributed by atoms with Crippen LogP contribution in [-0.2, 0) is 11.8 Å².